The molecule has 102 valence electrons. The Morgan fingerprint density at radius 2 is 1.40 bits per heavy atom. The minimum Gasteiger partial charge on any atom is -0.491 e. The molecule has 0 heterocycles. The van der Waals surface area contributed by atoms with Gasteiger partial charge in [-0.25, -0.2) is 4.39 Å². The van der Waals surface area contributed by atoms with Gasteiger partial charge in [-0.2, -0.15) is 0 Å². The highest BCUT2D eigenvalue weighted by molar-refractivity contribution is 5.44. The van der Waals surface area contributed by atoms with Crippen LogP contribution in [0.5, 0.6) is 5.75 Å². The zero-order valence-electron chi connectivity index (χ0n) is 11.2. The Hall–Kier alpha value is -2.31. The van der Waals surface area contributed by atoms with Gasteiger partial charge in [0.25, 0.3) is 0 Å². The normalized spacial score (nSPS) is 9.70. The fourth-order valence-corrected chi connectivity index (χ4v) is 1.55. The fraction of sp³-hybridized carbons (Fsp3) is 0.176. The third kappa shape index (κ3) is 4.42. The van der Waals surface area contributed by atoms with Crippen LogP contribution in [0.4, 0.5) is 4.39 Å². The maximum Gasteiger partial charge on any atom is 0.123 e. The maximum atomic E-state index is 12.8. The van der Waals surface area contributed by atoms with E-state index in [1.54, 1.807) is 19.2 Å². The van der Waals surface area contributed by atoms with E-state index in [2.05, 4.69) is 11.8 Å². The van der Waals surface area contributed by atoms with Crippen molar-refractivity contribution in [3.8, 4) is 17.6 Å². The largest absolute Gasteiger partial charge is 0.491 e. The van der Waals surface area contributed by atoms with Crippen molar-refractivity contribution in [1.82, 2.24) is 0 Å². The van der Waals surface area contributed by atoms with Gasteiger partial charge in [0.15, 0.2) is 0 Å². The van der Waals surface area contributed by atoms with Gasteiger partial charge in [0.05, 0.1) is 6.61 Å². The molecule has 0 aliphatic rings. The summed E-state index contributed by atoms with van der Waals surface area (Å²) < 4.78 is 23.1. The Kier molecular flexibility index (Phi) is 5.16. The van der Waals surface area contributed by atoms with E-state index in [9.17, 15) is 4.39 Å². The summed E-state index contributed by atoms with van der Waals surface area (Å²) in [6.45, 7) is 1.09. The van der Waals surface area contributed by atoms with Crippen LogP contribution in [-0.4, -0.2) is 20.3 Å². The zero-order valence-corrected chi connectivity index (χ0v) is 11.2. The number of methoxy groups -OCH3 is 1. The molecule has 3 heteroatoms. The number of rotatable bonds is 4. The van der Waals surface area contributed by atoms with E-state index in [0.29, 0.717) is 13.2 Å². The Morgan fingerprint density at radius 1 is 0.850 bits per heavy atom. The Morgan fingerprint density at radius 3 is 1.95 bits per heavy atom. The molecule has 0 aliphatic heterocycles. The molecule has 0 fully saturated rings. The summed E-state index contributed by atoms with van der Waals surface area (Å²) in [5.41, 5.74) is 1.67. The smallest absolute Gasteiger partial charge is 0.123 e. The van der Waals surface area contributed by atoms with Crippen LogP contribution in [-0.2, 0) is 4.74 Å². The summed E-state index contributed by atoms with van der Waals surface area (Å²) in [4.78, 5) is 0. The van der Waals surface area contributed by atoms with Gasteiger partial charge in [-0.1, -0.05) is 11.8 Å². The van der Waals surface area contributed by atoms with Crippen LogP contribution in [0, 0.1) is 17.7 Å². The molecule has 0 spiro atoms. The molecule has 2 aromatic carbocycles. The van der Waals surface area contributed by atoms with Crippen molar-refractivity contribution in [3.05, 3.63) is 65.5 Å². The Labute approximate surface area is 118 Å². The highest BCUT2D eigenvalue weighted by Gasteiger charge is 1.94. The van der Waals surface area contributed by atoms with Crippen molar-refractivity contribution in [3.63, 3.8) is 0 Å². The van der Waals surface area contributed by atoms with E-state index < -0.39 is 0 Å². The van der Waals surface area contributed by atoms with Crippen molar-refractivity contribution in [2.75, 3.05) is 20.3 Å². The molecule has 2 nitrogen and oxygen atoms in total. The van der Waals surface area contributed by atoms with Gasteiger partial charge in [0.1, 0.15) is 18.2 Å². The second kappa shape index (κ2) is 7.32. The number of hydrogen-bond acceptors (Lipinski definition) is 2. The molecule has 20 heavy (non-hydrogen) atoms. The number of halogens is 1. The van der Waals surface area contributed by atoms with Crippen LogP contribution in [0.2, 0.25) is 0 Å². The van der Waals surface area contributed by atoms with Crippen LogP contribution >= 0.6 is 0 Å². The summed E-state index contributed by atoms with van der Waals surface area (Å²) in [5.74, 6) is 6.53. The van der Waals surface area contributed by atoms with E-state index in [1.165, 1.54) is 12.1 Å². The van der Waals surface area contributed by atoms with Crippen LogP contribution in [0.25, 0.3) is 0 Å². The Balaban J connectivity index is 1.98. The highest BCUT2D eigenvalue weighted by atomic mass is 19.1. The summed E-state index contributed by atoms with van der Waals surface area (Å²) in [6, 6.07) is 13.6. The number of benzene rings is 2. The molecule has 0 atom stereocenters. The van der Waals surface area contributed by atoms with Gasteiger partial charge in [-0.15, -0.1) is 0 Å². The van der Waals surface area contributed by atoms with E-state index in [0.717, 1.165) is 16.9 Å². The summed E-state index contributed by atoms with van der Waals surface area (Å²) in [6.07, 6.45) is 0. The minimum atomic E-state index is -0.256. The number of hydrogen-bond donors (Lipinski definition) is 0. The van der Waals surface area contributed by atoms with Gasteiger partial charge in [-0.05, 0) is 48.5 Å². The lowest BCUT2D eigenvalue weighted by molar-refractivity contribution is 0.146. The van der Waals surface area contributed by atoms with Crippen molar-refractivity contribution in [2.24, 2.45) is 0 Å². The predicted molar refractivity (Wildman–Crippen MR) is 76.2 cm³/mol. The molecule has 0 amide bonds. The molecule has 0 saturated carbocycles. The summed E-state index contributed by atoms with van der Waals surface area (Å²) in [5, 5.41) is 0. The third-order valence-corrected chi connectivity index (χ3v) is 2.61. The predicted octanol–water partition coefficient (Wildman–Crippen LogP) is 3.25. The Bertz CT molecular complexity index is 592. The fourth-order valence-electron chi connectivity index (χ4n) is 1.55. The molecule has 0 aliphatic carbocycles. The first kappa shape index (κ1) is 14.1. The SMILES string of the molecule is COCCOc1ccc(C#Cc2ccc(F)cc2)cc1. The standard InChI is InChI=1S/C17H15FO2/c1-19-12-13-20-17-10-6-15(7-11-17)3-2-14-4-8-16(18)9-5-14/h4-11H,12-13H2,1H3. The topological polar surface area (TPSA) is 18.5 Å². The van der Waals surface area contributed by atoms with Crippen LogP contribution < -0.4 is 4.74 Å². The summed E-state index contributed by atoms with van der Waals surface area (Å²) >= 11 is 0. The highest BCUT2D eigenvalue weighted by Crippen LogP contribution is 2.11. The van der Waals surface area contributed by atoms with Crippen molar-refractivity contribution >= 4 is 0 Å². The van der Waals surface area contributed by atoms with Crippen molar-refractivity contribution in [1.29, 1.82) is 0 Å². The van der Waals surface area contributed by atoms with Gasteiger partial charge < -0.3 is 9.47 Å². The lowest BCUT2D eigenvalue weighted by Gasteiger charge is -2.04. The van der Waals surface area contributed by atoms with Crippen LogP contribution in [0.1, 0.15) is 11.1 Å². The molecule has 2 rings (SSSR count). The van der Waals surface area contributed by atoms with E-state index in [1.807, 2.05) is 24.3 Å². The zero-order chi connectivity index (χ0) is 14.2. The quantitative estimate of drug-likeness (QED) is 0.627. The van der Waals surface area contributed by atoms with E-state index in [4.69, 9.17) is 9.47 Å². The first-order valence-corrected chi connectivity index (χ1v) is 6.27. The third-order valence-electron chi connectivity index (χ3n) is 2.61. The van der Waals surface area contributed by atoms with Gasteiger partial charge in [0, 0.05) is 18.2 Å². The van der Waals surface area contributed by atoms with Gasteiger partial charge in [0.2, 0.25) is 0 Å². The van der Waals surface area contributed by atoms with Crippen LogP contribution in [0.3, 0.4) is 0 Å². The molecule has 0 unspecified atom stereocenters. The molecular weight excluding hydrogens is 255 g/mol. The molecule has 2 aromatic rings. The summed E-state index contributed by atoms with van der Waals surface area (Å²) in [7, 11) is 1.64. The molecule has 0 bridgehead atoms. The molecule has 0 N–H and O–H groups in total. The van der Waals surface area contributed by atoms with Crippen molar-refractivity contribution in [2.45, 2.75) is 0 Å². The minimum absolute atomic E-state index is 0.256. The molecular formula is C17H15FO2. The molecule has 0 saturated heterocycles. The average Bonchev–Trinajstić information content (AvgIpc) is 2.48. The van der Waals surface area contributed by atoms with Gasteiger partial charge >= 0.3 is 0 Å². The molecule has 0 radical (unpaired) electrons. The lowest BCUT2D eigenvalue weighted by atomic mass is 10.2. The van der Waals surface area contributed by atoms with Crippen LogP contribution in [0.15, 0.2) is 48.5 Å². The lowest BCUT2D eigenvalue weighted by Crippen LogP contribution is -2.03. The first-order chi connectivity index (χ1) is 9.78. The van der Waals surface area contributed by atoms with E-state index in [-0.39, 0.29) is 5.82 Å². The number of ether oxygens (including phenoxy) is 2. The average molecular weight is 270 g/mol. The van der Waals surface area contributed by atoms with Gasteiger partial charge in [-0.3, -0.25) is 0 Å². The second-order valence-electron chi connectivity index (χ2n) is 4.12. The molecule has 0 aromatic heterocycles. The first-order valence-electron chi connectivity index (χ1n) is 6.27. The second-order valence-corrected chi connectivity index (χ2v) is 4.12. The van der Waals surface area contributed by atoms with E-state index >= 15 is 0 Å². The maximum absolute atomic E-state index is 12.8. The van der Waals surface area contributed by atoms with Crippen molar-refractivity contribution < 1.29 is 13.9 Å². The monoisotopic (exact) mass is 270 g/mol.